The number of rotatable bonds is 6. The Kier molecular flexibility index (Phi) is 5.07. The minimum absolute atomic E-state index is 0.221. The van der Waals surface area contributed by atoms with Crippen molar-refractivity contribution in [3.63, 3.8) is 0 Å². The maximum absolute atomic E-state index is 5.75. The lowest BCUT2D eigenvalue weighted by Gasteiger charge is -2.19. The van der Waals surface area contributed by atoms with Gasteiger partial charge in [0.15, 0.2) is 0 Å². The van der Waals surface area contributed by atoms with E-state index < -0.39 is 0 Å². The van der Waals surface area contributed by atoms with Crippen LogP contribution in [-0.4, -0.2) is 34.2 Å². The Balaban J connectivity index is 1.48. The van der Waals surface area contributed by atoms with Crippen molar-refractivity contribution in [2.75, 3.05) is 18.5 Å². The van der Waals surface area contributed by atoms with Crippen LogP contribution in [0.15, 0.2) is 48.9 Å². The zero-order chi connectivity index (χ0) is 17.8. The third kappa shape index (κ3) is 3.68. The maximum atomic E-state index is 5.75. The van der Waals surface area contributed by atoms with Gasteiger partial charge in [-0.15, -0.1) is 0 Å². The summed E-state index contributed by atoms with van der Waals surface area (Å²) in [5.41, 5.74) is 3.54. The van der Waals surface area contributed by atoms with Gasteiger partial charge in [-0.05, 0) is 36.1 Å². The molecule has 0 spiro atoms. The fraction of sp³-hybridized carbons (Fsp3) is 0.381. The van der Waals surface area contributed by atoms with Crippen LogP contribution in [0.3, 0.4) is 0 Å². The van der Waals surface area contributed by atoms with E-state index in [0.717, 1.165) is 31.4 Å². The molecule has 5 heteroatoms. The van der Waals surface area contributed by atoms with E-state index in [9.17, 15) is 0 Å². The number of benzene rings is 1. The molecular formula is C21H24N4O. The summed E-state index contributed by atoms with van der Waals surface area (Å²) in [6, 6.07) is 10.6. The van der Waals surface area contributed by atoms with E-state index in [4.69, 9.17) is 4.74 Å². The average molecular weight is 348 g/mol. The van der Waals surface area contributed by atoms with Crippen LogP contribution in [0.2, 0.25) is 0 Å². The number of nitrogens with zero attached hydrogens (tertiary/aromatic N) is 3. The molecule has 3 aromatic rings. The summed E-state index contributed by atoms with van der Waals surface area (Å²) in [6.45, 7) is 3.60. The second-order valence-electron chi connectivity index (χ2n) is 6.90. The number of aryl methyl sites for hydroxylation is 1. The van der Waals surface area contributed by atoms with Crippen LogP contribution in [-0.2, 0) is 17.6 Å². The third-order valence-electron chi connectivity index (χ3n) is 4.98. The topological polar surface area (TPSA) is 59.9 Å². The Hall–Kier alpha value is -2.53. The number of nitrogens with one attached hydrogen (secondary N) is 1. The van der Waals surface area contributed by atoms with Gasteiger partial charge >= 0.3 is 0 Å². The number of anilines is 1. The van der Waals surface area contributed by atoms with Gasteiger partial charge in [-0.3, -0.25) is 4.98 Å². The van der Waals surface area contributed by atoms with Crippen LogP contribution in [0.1, 0.15) is 24.5 Å². The molecule has 26 heavy (non-hydrogen) atoms. The van der Waals surface area contributed by atoms with Crippen molar-refractivity contribution in [3.05, 3.63) is 60.0 Å². The van der Waals surface area contributed by atoms with E-state index in [0.29, 0.717) is 18.5 Å². The van der Waals surface area contributed by atoms with Gasteiger partial charge < -0.3 is 10.1 Å². The highest BCUT2D eigenvalue weighted by atomic mass is 16.5. The SMILES string of the molecule is CCCc1cnc(N[C@H]2COC[C@H]2Cc2ccnc3ccccc23)nc1. The van der Waals surface area contributed by atoms with Crippen molar-refractivity contribution in [2.24, 2.45) is 5.92 Å². The van der Waals surface area contributed by atoms with Crippen LogP contribution >= 0.6 is 0 Å². The smallest absolute Gasteiger partial charge is 0.222 e. The first-order valence-corrected chi connectivity index (χ1v) is 9.31. The van der Waals surface area contributed by atoms with Crippen molar-refractivity contribution >= 4 is 16.9 Å². The molecule has 1 fully saturated rings. The molecule has 1 N–H and O–H groups in total. The molecule has 4 rings (SSSR count). The van der Waals surface area contributed by atoms with Gasteiger partial charge in [0.25, 0.3) is 0 Å². The molecule has 0 unspecified atom stereocenters. The summed E-state index contributed by atoms with van der Waals surface area (Å²) in [6.07, 6.45) is 8.80. The molecule has 0 radical (unpaired) electrons. The summed E-state index contributed by atoms with van der Waals surface area (Å²) in [5.74, 6) is 1.07. The highest BCUT2D eigenvalue weighted by Crippen LogP contribution is 2.25. The lowest BCUT2D eigenvalue weighted by Crippen LogP contribution is -2.30. The van der Waals surface area contributed by atoms with Crippen molar-refractivity contribution in [1.29, 1.82) is 0 Å². The largest absolute Gasteiger partial charge is 0.379 e. The monoisotopic (exact) mass is 348 g/mol. The molecule has 0 saturated carbocycles. The quantitative estimate of drug-likeness (QED) is 0.737. The fourth-order valence-corrected chi connectivity index (χ4v) is 3.59. The van der Waals surface area contributed by atoms with Crippen molar-refractivity contribution in [1.82, 2.24) is 15.0 Å². The Morgan fingerprint density at radius 1 is 1.08 bits per heavy atom. The summed E-state index contributed by atoms with van der Waals surface area (Å²) >= 11 is 0. The molecule has 1 aliphatic heterocycles. The number of fused-ring (bicyclic) bond motifs is 1. The van der Waals surface area contributed by atoms with Gasteiger partial charge in [0.2, 0.25) is 5.95 Å². The molecule has 1 aromatic carbocycles. The van der Waals surface area contributed by atoms with E-state index >= 15 is 0 Å². The first-order chi connectivity index (χ1) is 12.8. The van der Waals surface area contributed by atoms with E-state index in [1.807, 2.05) is 24.7 Å². The van der Waals surface area contributed by atoms with Crippen LogP contribution < -0.4 is 5.32 Å². The molecule has 0 aliphatic carbocycles. The fourth-order valence-electron chi connectivity index (χ4n) is 3.59. The summed E-state index contributed by atoms with van der Waals surface area (Å²) < 4.78 is 5.75. The maximum Gasteiger partial charge on any atom is 0.222 e. The van der Waals surface area contributed by atoms with Crippen molar-refractivity contribution < 1.29 is 4.74 Å². The third-order valence-corrected chi connectivity index (χ3v) is 4.98. The minimum atomic E-state index is 0.221. The van der Waals surface area contributed by atoms with Gasteiger partial charge in [0.1, 0.15) is 0 Å². The highest BCUT2D eigenvalue weighted by Gasteiger charge is 2.29. The molecule has 0 bridgehead atoms. The molecule has 1 aliphatic rings. The first kappa shape index (κ1) is 16.9. The molecule has 1 saturated heterocycles. The second kappa shape index (κ2) is 7.79. The molecular weight excluding hydrogens is 324 g/mol. The van der Waals surface area contributed by atoms with Crippen molar-refractivity contribution in [2.45, 2.75) is 32.2 Å². The van der Waals surface area contributed by atoms with E-state index in [1.165, 1.54) is 16.5 Å². The zero-order valence-electron chi connectivity index (χ0n) is 15.1. The number of aromatic nitrogens is 3. The first-order valence-electron chi connectivity index (χ1n) is 9.31. The van der Waals surface area contributed by atoms with Gasteiger partial charge in [-0.2, -0.15) is 0 Å². The van der Waals surface area contributed by atoms with E-state index in [1.54, 1.807) is 0 Å². The van der Waals surface area contributed by atoms with Gasteiger partial charge in [-0.1, -0.05) is 31.5 Å². The van der Waals surface area contributed by atoms with Crippen LogP contribution in [0, 0.1) is 5.92 Å². The Morgan fingerprint density at radius 3 is 2.77 bits per heavy atom. The normalized spacial score (nSPS) is 19.7. The number of ether oxygens (including phenoxy) is 1. The molecule has 134 valence electrons. The highest BCUT2D eigenvalue weighted by molar-refractivity contribution is 5.81. The average Bonchev–Trinajstić information content (AvgIpc) is 3.11. The van der Waals surface area contributed by atoms with Crippen LogP contribution in [0.5, 0.6) is 0 Å². The molecule has 3 heterocycles. The number of para-hydroxylation sites is 1. The van der Waals surface area contributed by atoms with Crippen LogP contribution in [0.25, 0.3) is 10.9 Å². The van der Waals surface area contributed by atoms with Crippen molar-refractivity contribution in [3.8, 4) is 0 Å². The minimum Gasteiger partial charge on any atom is -0.379 e. The second-order valence-corrected chi connectivity index (χ2v) is 6.90. The molecule has 5 nitrogen and oxygen atoms in total. The predicted molar refractivity (Wildman–Crippen MR) is 103 cm³/mol. The predicted octanol–water partition coefficient (Wildman–Crippen LogP) is 3.65. The standard InChI is InChI=1S/C21H24N4O/c1-2-5-15-11-23-21(24-12-15)25-20-14-26-13-17(20)10-16-8-9-22-19-7-4-3-6-18(16)19/h3-4,6-9,11-12,17,20H,2,5,10,13-14H2,1H3,(H,23,24,25)/t17-,20+/m1/s1. The van der Waals surface area contributed by atoms with E-state index in [2.05, 4.69) is 51.5 Å². The Morgan fingerprint density at radius 2 is 1.92 bits per heavy atom. The summed E-state index contributed by atoms with van der Waals surface area (Å²) in [5, 5.41) is 4.69. The Labute approximate surface area is 153 Å². The molecule has 2 atom stereocenters. The zero-order valence-corrected chi connectivity index (χ0v) is 15.1. The van der Waals surface area contributed by atoms with Gasteiger partial charge in [0, 0.05) is 29.9 Å². The van der Waals surface area contributed by atoms with Gasteiger partial charge in [0.05, 0.1) is 24.8 Å². The number of hydrogen-bond donors (Lipinski definition) is 1. The number of hydrogen-bond acceptors (Lipinski definition) is 5. The molecule has 2 aromatic heterocycles. The number of pyridine rings is 1. The van der Waals surface area contributed by atoms with Gasteiger partial charge in [-0.25, -0.2) is 9.97 Å². The lowest BCUT2D eigenvalue weighted by atomic mass is 9.93. The lowest BCUT2D eigenvalue weighted by molar-refractivity contribution is 0.185. The molecule has 0 amide bonds. The Bertz CT molecular complexity index is 860. The summed E-state index contributed by atoms with van der Waals surface area (Å²) in [4.78, 5) is 13.4. The summed E-state index contributed by atoms with van der Waals surface area (Å²) in [7, 11) is 0. The van der Waals surface area contributed by atoms with E-state index in [-0.39, 0.29) is 6.04 Å². The van der Waals surface area contributed by atoms with Crippen LogP contribution in [0.4, 0.5) is 5.95 Å².